The van der Waals surface area contributed by atoms with E-state index in [1.54, 1.807) is 18.6 Å². The van der Waals surface area contributed by atoms with Crippen LogP contribution in [0.15, 0.2) is 61.2 Å². The van der Waals surface area contributed by atoms with Crippen molar-refractivity contribution in [3.63, 3.8) is 0 Å². The number of rotatable bonds is 4. The van der Waals surface area contributed by atoms with Gasteiger partial charge in [0.15, 0.2) is 0 Å². The van der Waals surface area contributed by atoms with Crippen LogP contribution in [-0.4, -0.2) is 43.0 Å². The minimum Gasteiger partial charge on any atom is -0.507 e. The zero-order valence-electron chi connectivity index (χ0n) is 14.6. The summed E-state index contributed by atoms with van der Waals surface area (Å²) in [5.74, 6) is 0.657. The van der Waals surface area contributed by atoms with Gasteiger partial charge in [-0.05, 0) is 18.2 Å². The molecule has 4 heterocycles. The number of phenols is 1. The first-order valence-electron chi connectivity index (χ1n) is 9.01. The molecular formula is C20H19N5O2. The van der Waals surface area contributed by atoms with E-state index in [-0.39, 0.29) is 11.9 Å². The maximum absolute atomic E-state index is 10.4. The largest absolute Gasteiger partial charge is 0.507 e. The van der Waals surface area contributed by atoms with Crippen LogP contribution in [0.25, 0.3) is 16.9 Å². The molecule has 2 unspecified atom stereocenters. The molecule has 2 bridgehead atoms. The van der Waals surface area contributed by atoms with Crippen LogP contribution in [0.2, 0.25) is 0 Å². The molecule has 2 aromatic heterocycles. The molecule has 2 atom stereocenters. The van der Waals surface area contributed by atoms with Crippen LogP contribution in [0.1, 0.15) is 12.8 Å². The highest BCUT2D eigenvalue weighted by Crippen LogP contribution is 2.30. The van der Waals surface area contributed by atoms with Crippen molar-refractivity contribution < 1.29 is 9.84 Å². The summed E-state index contributed by atoms with van der Waals surface area (Å²) < 4.78 is 7.83. The van der Waals surface area contributed by atoms with Gasteiger partial charge in [-0.15, -0.1) is 10.2 Å². The van der Waals surface area contributed by atoms with Gasteiger partial charge in [-0.3, -0.25) is 0 Å². The topological polar surface area (TPSA) is 85.1 Å². The fraction of sp³-hybridized carbons (Fsp3) is 0.250. The Morgan fingerprint density at radius 2 is 1.93 bits per heavy atom. The van der Waals surface area contributed by atoms with E-state index < -0.39 is 0 Å². The van der Waals surface area contributed by atoms with Gasteiger partial charge in [-0.2, -0.15) is 0 Å². The first kappa shape index (κ1) is 16.0. The summed E-state index contributed by atoms with van der Waals surface area (Å²) in [5.41, 5.74) is 2.06. The Bertz CT molecular complexity index is 955. The van der Waals surface area contributed by atoms with Crippen LogP contribution in [0.4, 0.5) is 0 Å². The second kappa shape index (κ2) is 6.51. The Morgan fingerprint density at radius 3 is 2.59 bits per heavy atom. The van der Waals surface area contributed by atoms with Gasteiger partial charge in [0.2, 0.25) is 5.88 Å². The predicted octanol–water partition coefficient (Wildman–Crippen LogP) is 2.47. The van der Waals surface area contributed by atoms with E-state index in [4.69, 9.17) is 4.74 Å². The molecule has 1 saturated heterocycles. The van der Waals surface area contributed by atoms with E-state index in [9.17, 15) is 5.11 Å². The molecule has 0 amide bonds. The zero-order chi connectivity index (χ0) is 18.2. The summed E-state index contributed by atoms with van der Waals surface area (Å²) in [6.07, 6.45) is 11.6. The van der Waals surface area contributed by atoms with Crippen molar-refractivity contribution in [3.8, 4) is 28.6 Å². The molecule has 5 rings (SSSR count). The summed E-state index contributed by atoms with van der Waals surface area (Å²) in [6, 6.07) is 9.83. The van der Waals surface area contributed by atoms with Gasteiger partial charge in [-0.25, -0.2) is 4.98 Å². The summed E-state index contributed by atoms with van der Waals surface area (Å²) in [4.78, 5) is 4.02. The molecular weight excluding hydrogens is 342 g/mol. The van der Waals surface area contributed by atoms with Crippen LogP contribution in [0.3, 0.4) is 0 Å². The molecule has 136 valence electrons. The van der Waals surface area contributed by atoms with Gasteiger partial charge >= 0.3 is 0 Å². The van der Waals surface area contributed by atoms with Crippen molar-refractivity contribution >= 4 is 0 Å². The number of hydrogen-bond acceptors (Lipinski definition) is 6. The third-order valence-electron chi connectivity index (χ3n) is 5.02. The Kier molecular flexibility index (Phi) is 3.86. The molecule has 27 heavy (non-hydrogen) atoms. The molecule has 7 nitrogen and oxygen atoms in total. The van der Waals surface area contributed by atoms with Gasteiger partial charge in [0, 0.05) is 55.0 Å². The molecule has 7 heteroatoms. The number of aromatic nitrogens is 4. The average Bonchev–Trinajstić information content (AvgIpc) is 3.32. The number of phenolic OH excluding ortho intramolecular Hbond substituents is 1. The van der Waals surface area contributed by atoms with Crippen LogP contribution in [-0.2, 0) is 0 Å². The normalized spacial score (nSPS) is 23.5. The molecule has 0 saturated carbocycles. The van der Waals surface area contributed by atoms with E-state index in [0.29, 0.717) is 29.2 Å². The average molecular weight is 361 g/mol. The number of ether oxygens (including phenoxy) is 1. The first-order valence-corrected chi connectivity index (χ1v) is 9.01. The van der Waals surface area contributed by atoms with Gasteiger partial charge in [-0.1, -0.05) is 12.2 Å². The minimum atomic E-state index is 0.138. The number of imidazole rings is 1. The van der Waals surface area contributed by atoms with Crippen LogP contribution < -0.4 is 10.1 Å². The molecule has 2 aliphatic rings. The van der Waals surface area contributed by atoms with Gasteiger partial charge in [0.25, 0.3) is 0 Å². The molecule has 0 aliphatic carbocycles. The lowest BCUT2D eigenvalue weighted by Gasteiger charge is -2.29. The van der Waals surface area contributed by atoms with Gasteiger partial charge in [0.1, 0.15) is 11.9 Å². The molecule has 3 aromatic rings. The van der Waals surface area contributed by atoms with Crippen LogP contribution >= 0.6 is 0 Å². The second-order valence-electron chi connectivity index (χ2n) is 6.90. The quantitative estimate of drug-likeness (QED) is 0.695. The number of hydrogen-bond donors (Lipinski definition) is 2. The van der Waals surface area contributed by atoms with E-state index in [1.165, 1.54) is 0 Å². The lowest BCUT2D eigenvalue weighted by Crippen LogP contribution is -2.43. The number of benzene rings is 1. The van der Waals surface area contributed by atoms with Crippen molar-refractivity contribution in [3.05, 3.63) is 61.2 Å². The van der Waals surface area contributed by atoms with Crippen molar-refractivity contribution in [2.24, 2.45) is 0 Å². The number of nitrogens with one attached hydrogen (secondary N) is 1. The molecule has 1 aromatic carbocycles. The van der Waals surface area contributed by atoms with E-state index in [2.05, 4.69) is 32.7 Å². The predicted molar refractivity (Wildman–Crippen MR) is 99.8 cm³/mol. The minimum absolute atomic E-state index is 0.138. The molecule has 0 radical (unpaired) electrons. The van der Waals surface area contributed by atoms with Crippen molar-refractivity contribution in [1.82, 2.24) is 25.1 Å². The van der Waals surface area contributed by atoms with Gasteiger partial charge < -0.3 is 19.7 Å². The molecule has 1 fully saturated rings. The lowest BCUT2D eigenvalue weighted by molar-refractivity contribution is 0.135. The standard InChI is InChI=1S/C20H19N5O2/c26-19-11-15(25-8-7-21-12-25)3-4-17(19)18-5-6-20(24-23-18)27-16-9-13-1-2-14(10-16)22-13/h1-8,11-14,16,22,26H,9-10H2. The van der Waals surface area contributed by atoms with Crippen molar-refractivity contribution in [2.75, 3.05) is 0 Å². The van der Waals surface area contributed by atoms with E-state index >= 15 is 0 Å². The van der Waals surface area contributed by atoms with Crippen molar-refractivity contribution in [1.29, 1.82) is 0 Å². The lowest BCUT2D eigenvalue weighted by atomic mass is 10.0. The van der Waals surface area contributed by atoms with E-state index in [0.717, 1.165) is 18.5 Å². The maximum atomic E-state index is 10.4. The molecule has 0 spiro atoms. The SMILES string of the molecule is Oc1cc(-n2ccnc2)ccc1-c1ccc(OC2CC3C=CC(C2)N3)nn1. The fourth-order valence-corrected chi connectivity index (χ4v) is 3.71. The number of fused-ring (bicyclic) bond motifs is 2. The second-order valence-corrected chi connectivity index (χ2v) is 6.90. The first-order chi connectivity index (χ1) is 13.2. The van der Waals surface area contributed by atoms with Crippen LogP contribution in [0, 0.1) is 0 Å². The third kappa shape index (κ3) is 3.17. The molecule has 2 aliphatic heterocycles. The van der Waals surface area contributed by atoms with Crippen LogP contribution in [0.5, 0.6) is 11.6 Å². The Balaban J connectivity index is 1.31. The maximum Gasteiger partial charge on any atom is 0.233 e. The molecule has 2 N–H and O–H groups in total. The summed E-state index contributed by atoms with van der Waals surface area (Å²) in [7, 11) is 0. The number of piperidine rings is 1. The summed E-state index contributed by atoms with van der Waals surface area (Å²) in [5, 5.41) is 22.3. The summed E-state index contributed by atoms with van der Waals surface area (Å²) in [6.45, 7) is 0. The van der Waals surface area contributed by atoms with E-state index in [1.807, 2.05) is 35.0 Å². The number of aromatic hydroxyl groups is 1. The Hall–Kier alpha value is -3.19. The Morgan fingerprint density at radius 1 is 1.07 bits per heavy atom. The van der Waals surface area contributed by atoms with Crippen molar-refractivity contribution in [2.45, 2.75) is 31.0 Å². The zero-order valence-corrected chi connectivity index (χ0v) is 14.6. The smallest absolute Gasteiger partial charge is 0.233 e. The highest BCUT2D eigenvalue weighted by Gasteiger charge is 2.30. The summed E-state index contributed by atoms with van der Waals surface area (Å²) >= 11 is 0. The highest BCUT2D eigenvalue weighted by atomic mass is 16.5. The Labute approximate surface area is 156 Å². The number of nitrogens with zero attached hydrogens (tertiary/aromatic N) is 4. The third-order valence-corrected chi connectivity index (χ3v) is 5.02. The van der Waals surface area contributed by atoms with Gasteiger partial charge in [0.05, 0.1) is 17.7 Å². The highest BCUT2D eigenvalue weighted by molar-refractivity contribution is 5.68. The fourth-order valence-electron chi connectivity index (χ4n) is 3.71. The monoisotopic (exact) mass is 361 g/mol.